The molecule has 10 aliphatic carbocycles. The predicted molar refractivity (Wildman–Crippen MR) is 508 cm³/mol. The average Bonchev–Trinajstić information content (AvgIpc) is 0.855. The maximum Gasteiger partial charge on any atom is 0.314 e. The van der Waals surface area contributed by atoms with Crippen LogP contribution in [0.2, 0.25) is 0 Å². The van der Waals surface area contributed by atoms with Gasteiger partial charge in [-0.1, -0.05) is 194 Å². The Kier molecular flexibility index (Phi) is 49.0. The highest BCUT2D eigenvalue weighted by Gasteiger charge is 2.40. The van der Waals surface area contributed by atoms with Crippen molar-refractivity contribution in [2.24, 2.45) is 118 Å². The fourth-order valence-electron chi connectivity index (χ4n) is 23.0. The maximum absolute atomic E-state index is 12.4. The summed E-state index contributed by atoms with van der Waals surface area (Å²) in [6.45, 7) is 11.6. The zero-order valence-corrected chi connectivity index (χ0v) is 79.7. The highest BCUT2D eigenvalue weighted by molar-refractivity contribution is 7.81. The summed E-state index contributed by atoms with van der Waals surface area (Å²) in [5, 5.41) is 0. The Labute approximate surface area is 775 Å². The third-order valence-electron chi connectivity index (χ3n) is 31.4. The highest BCUT2D eigenvalue weighted by Crippen LogP contribution is 2.49. The number of carbonyl (C=O) groups excluding carboxylic acids is 5. The molecule has 0 spiro atoms. The minimum Gasteiger partial charge on any atom is -0.426 e. The minimum atomic E-state index is -0.0553. The number of halogens is 5. The van der Waals surface area contributed by atoms with E-state index >= 15 is 0 Å². The SMILES string of the molecule is CC[C@H]1CC[C@H](C2CCC(C(=O)Oc3ccc([S])cc3)CC2)CC1.CC[C@H]1CC[C@H](C2CCC(C(=O)Oc3ccc([S])cc3)CC2)CC1.CC[C@H]1CC[C@H](C2CCC(C(=O)Oc3ccc([S])cc3)CC2)CC1.CC[C@H]1CC[C@H](C2CCC(C(=O)Oc3ccc([S])cc3)CC2)CC1.CC[C@H]1CC[C@H](C2CCC(C(=O)Oc3ccc([S])cc3)CC2)CC1.F.F.F.F.F. The maximum atomic E-state index is 12.4. The summed E-state index contributed by atoms with van der Waals surface area (Å²) >= 11 is 25.3. The molecule has 5 aromatic rings. The standard InChI is InChI=1S/5C21H29O2S.5FH/c5*1-2-15-3-5-16(6-4-15)17-7-9-18(10-8-17)21(22)23-19-11-13-20(24)14-12-19;;;;;/h5*11-18H,2-10H2,1H3;5*1H/t5*15-,16-,17?,18?;;;;;. The van der Waals surface area contributed by atoms with Crippen LogP contribution >= 0.6 is 63.1 Å². The van der Waals surface area contributed by atoms with Crippen LogP contribution in [0.4, 0.5) is 23.5 Å². The van der Waals surface area contributed by atoms with Gasteiger partial charge in [0, 0.05) is 24.5 Å². The van der Waals surface area contributed by atoms with E-state index in [4.69, 9.17) is 86.8 Å². The molecule has 10 aliphatic rings. The van der Waals surface area contributed by atoms with Crippen LogP contribution < -0.4 is 23.7 Å². The molecule has 5 radical (unpaired) electrons. The average molecular weight is 1830 g/mol. The van der Waals surface area contributed by atoms with Crippen LogP contribution in [0.1, 0.15) is 324 Å². The molecule has 0 N–H and O–H groups in total. The molecule has 0 aliphatic heterocycles. The van der Waals surface area contributed by atoms with Gasteiger partial charge in [-0.05, 0) is 403 Å². The quantitative estimate of drug-likeness (QED) is 0.0421. The van der Waals surface area contributed by atoms with E-state index in [1.807, 2.05) is 60.7 Å². The number of esters is 5. The number of hydrogen-bond donors (Lipinski definition) is 0. The summed E-state index contributed by atoms with van der Waals surface area (Å²) in [6, 6.07) is 36.0. The fraction of sp³-hybridized carbons (Fsp3) is 0.667. The molecular formula is C105H150F5O10S5. The van der Waals surface area contributed by atoms with Crippen LogP contribution in [0.3, 0.4) is 0 Å². The van der Waals surface area contributed by atoms with E-state index in [0.29, 0.717) is 28.7 Å². The van der Waals surface area contributed by atoms with Crippen LogP contribution in [0.25, 0.3) is 0 Å². The van der Waals surface area contributed by atoms with Crippen molar-refractivity contribution in [2.75, 3.05) is 0 Å². The first kappa shape index (κ1) is 108. The van der Waals surface area contributed by atoms with Gasteiger partial charge in [0.2, 0.25) is 0 Å². The Bertz CT molecular complexity index is 3220. The van der Waals surface area contributed by atoms with Gasteiger partial charge < -0.3 is 23.7 Å². The second kappa shape index (κ2) is 56.7. The molecule has 10 fully saturated rings. The van der Waals surface area contributed by atoms with Crippen molar-refractivity contribution in [1.29, 1.82) is 0 Å². The lowest BCUT2D eigenvalue weighted by Crippen LogP contribution is -2.30. The van der Waals surface area contributed by atoms with Crippen molar-refractivity contribution in [2.45, 2.75) is 348 Å². The zero-order valence-electron chi connectivity index (χ0n) is 75.6. The zero-order chi connectivity index (χ0) is 84.7. The molecule has 10 nitrogen and oxygen atoms in total. The molecule has 15 rings (SSSR count). The van der Waals surface area contributed by atoms with E-state index in [1.54, 1.807) is 60.7 Å². The normalized spacial score (nSPS) is 29.5. The molecule has 125 heavy (non-hydrogen) atoms. The van der Waals surface area contributed by atoms with Crippen molar-refractivity contribution in [1.82, 2.24) is 0 Å². The molecule has 0 bridgehead atoms. The van der Waals surface area contributed by atoms with E-state index in [9.17, 15) is 24.0 Å². The minimum absolute atomic E-state index is 0. The fourth-order valence-corrected chi connectivity index (χ4v) is 23.7. The first-order valence-electron chi connectivity index (χ1n) is 48.2. The Hall–Kier alpha value is -5.80. The third kappa shape index (κ3) is 34.8. The molecular weight excluding hydrogens is 1680 g/mol. The van der Waals surface area contributed by atoms with Crippen LogP contribution in [-0.2, 0) is 24.0 Å². The van der Waals surface area contributed by atoms with Gasteiger partial charge in [0.25, 0.3) is 0 Å². The van der Waals surface area contributed by atoms with Gasteiger partial charge in [-0.3, -0.25) is 47.5 Å². The van der Waals surface area contributed by atoms with Crippen LogP contribution in [0, 0.1) is 118 Å². The second-order valence-electron chi connectivity index (χ2n) is 38.5. The summed E-state index contributed by atoms with van der Waals surface area (Å²) in [5.74, 6) is 16.8. The molecule has 10 saturated carbocycles. The number of benzene rings is 5. The second-order valence-corrected chi connectivity index (χ2v) is 40.8. The highest BCUT2D eigenvalue weighted by atomic mass is 32.1. The molecule has 0 atom stereocenters. The molecule has 0 heterocycles. The lowest BCUT2D eigenvalue weighted by molar-refractivity contribution is -0.141. The largest absolute Gasteiger partial charge is 0.426 e. The first-order chi connectivity index (χ1) is 58.3. The molecule has 20 heteroatoms. The van der Waals surface area contributed by atoms with Crippen LogP contribution in [0.5, 0.6) is 28.7 Å². The molecule has 0 saturated heterocycles. The van der Waals surface area contributed by atoms with Gasteiger partial charge in [-0.2, -0.15) is 0 Å². The van der Waals surface area contributed by atoms with Crippen molar-refractivity contribution < 1.29 is 71.2 Å². The van der Waals surface area contributed by atoms with Crippen molar-refractivity contribution in [3.8, 4) is 28.7 Å². The van der Waals surface area contributed by atoms with Crippen LogP contribution in [-0.4, -0.2) is 29.8 Å². The summed E-state index contributed by atoms with van der Waals surface area (Å²) in [6.07, 6.45) is 57.0. The van der Waals surface area contributed by atoms with Gasteiger partial charge in [-0.25, -0.2) is 0 Å². The molecule has 0 unspecified atom stereocenters. The Balaban J connectivity index is 0.000000239. The molecule has 0 aromatic heterocycles. The first-order valence-corrected chi connectivity index (χ1v) is 50.2. The lowest BCUT2D eigenvalue weighted by atomic mass is 9.69. The van der Waals surface area contributed by atoms with Crippen molar-refractivity contribution in [3.05, 3.63) is 121 Å². The number of ether oxygens (including phenoxy) is 5. The van der Waals surface area contributed by atoms with E-state index in [-0.39, 0.29) is 83.0 Å². The van der Waals surface area contributed by atoms with E-state index in [1.165, 1.54) is 225 Å². The Morgan fingerprint density at radius 1 is 0.192 bits per heavy atom. The predicted octanol–water partition coefficient (Wildman–Crippen LogP) is 31.6. The molecule has 5 aromatic carbocycles. The van der Waals surface area contributed by atoms with Gasteiger partial charge in [-0.15, -0.1) is 0 Å². The van der Waals surface area contributed by atoms with Crippen molar-refractivity contribution >= 4 is 93.0 Å². The Morgan fingerprint density at radius 3 is 0.400 bits per heavy atom. The summed E-state index contributed by atoms with van der Waals surface area (Å²) in [7, 11) is 0. The number of hydrogen-bond acceptors (Lipinski definition) is 10. The summed E-state index contributed by atoms with van der Waals surface area (Å²) in [4.78, 5) is 65.7. The van der Waals surface area contributed by atoms with E-state index in [0.717, 1.165) is 177 Å². The van der Waals surface area contributed by atoms with Gasteiger partial charge in [0.15, 0.2) is 0 Å². The van der Waals surface area contributed by atoms with Gasteiger partial charge in [0.1, 0.15) is 28.7 Å². The Morgan fingerprint density at radius 2 is 0.296 bits per heavy atom. The van der Waals surface area contributed by atoms with Gasteiger partial charge >= 0.3 is 29.8 Å². The van der Waals surface area contributed by atoms with Gasteiger partial charge in [0.05, 0.1) is 29.6 Å². The van der Waals surface area contributed by atoms with E-state index in [2.05, 4.69) is 34.6 Å². The summed E-state index contributed by atoms with van der Waals surface area (Å²) in [5.41, 5.74) is 0. The number of rotatable bonds is 20. The summed E-state index contributed by atoms with van der Waals surface area (Å²) < 4.78 is 27.7. The smallest absolute Gasteiger partial charge is 0.314 e. The lowest BCUT2D eigenvalue weighted by Gasteiger charge is -2.37. The third-order valence-corrected chi connectivity index (χ3v) is 32.8. The van der Waals surface area contributed by atoms with E-state index < -0.39 is 0 Å². The monoisotopic (exact) mass is 1830 g/mol. The van der Waals surface area contributed by atoms with Crippen LogP contribution in [0.15, 0.2) is 146 Å². The molecule has 695 valence electrons. The topological polar surface area (TPSA) is 132 Å². The van der Waals surface area contributed by atoms with Crippen molar-refractivity contribution in [3.63, 3.8) is 0 Å². The molecule has 0 amide bonds. The number of carbonyl (C=O) groups is 5.